The second-order valence-electron chi connectivity index (χ2n) is 9.81. The van der Waals surface area contributed by atoms with E-state index >= 15 is 4.39 Å². The second-order valence-corrected chi connectivity index (χ2v) is 10.2. The third kappa shape index (κ3) is 5.20. The van der Waals surface area contributed by atoms with E-state index in [1.54, 1.807) is 12.3 Å². The number of nitrogens with one attached hydrogen (secondary N) is 1. The highest BCUT2D eigenvalue weighted by molar-refractivity contribution is 6.36. The minimum Gasteiger partial charge on any atom is -0.459 e. The van der Waals surface area contributed by atoms with Crippen molar-refractivity contribution in [1.82, 2.24) is 25.2 Å². The van der Waals surface area contributed by atoms with Crippen LogP contribution >= 0.6 is 11.6 Å². The Morgan fingerprint density at radius 1 is 1.26 bits per heavy atom. The Hall–Kier alpha value is -3.58. The number of halogens is 2. The van der Waals surface area contributed by atoms with Gasteiger partial charge in [-0.2, -0.15) is 15.2 Å². The van der Waals surface area contributed by atoms with Gasteiger partial charge in [0, 0.05) is 54.4 Å². The zero-order valence-electron chi connectivity index (χ0n) is 21.6. The molecule has 0 aliphatic carbocycles. The van der Waals surface area contributed by atoms with E-state index in [1.165, 1.54) is 0 Å². The van der Waals surface area contributed by atoms with Gasteiger partial charge in [-0.05, 0) is 32.5 Å². The van der Waals surface area contributed by atoms with Crippen LogP contribution in [0.3, 0.4) is 0 Å². The van der Waals surface area contributed by atoms with Crippen molar-refractivity contribution in [2.45, 2.75) is 25.5 Å². The summed E-state index contributed by atoms with van der Waals surface area (Å²) in [5.41, 5.74) is 0.884. The van der Waals surface area contributed by atoms with Crippen LogP contribution < -0.4 is 15.0 Å². The fourth-order valence-corrected chi connectivity index (χ4v) is 5.28. The van der Waals surface area contributed by atoms with Crippen molar-refractivity contribution in [3.05, 3.63) is 53.4 Å². The molecule has 8 nitrogen and oxygen atoms in total. The van der Waals surface area contributed by atoms with Crippen molar-refractivity contribution in [3.8, 4) is 23.3 Å². The van der Waals surface area contributed by atoms with E-state index in [1.807, 2.05) is 61.2 Å². The highest BCUT2D eigenvalue weighted by atomic mass is 35.5. The molecule has 196 valence electrons. The minimum atomic E-state index is -0.563. The molecule has 0 amide bonds. The van der Waals surface area contributed by atoms with Crippen LogP contribution in [-0.2, 0) is 0 Å². The molecular weight excluding hydrogens is 505 g/mol. The Morgan fingerprint density at radius 3 is 2.82 bits per heavy atom. The number of hydrogen-bond donors (Lipinski definition) is 1. The molecule has 1 aliphatic rings. The lowest BCUT2D eigenvalue weighted by molar-refractivity contribution is 0.164. The molecule has 0 bridgehead atoms. The number of benzene rings is 2. The number of fused-ring (bicyclic) bond motifs is 2. The van der Waals surface area contributed by atoms with Gasteiger partial charge in [0.15, 0.2) is 5.82 Å². The van der Waals surface area contributed by atoms with Gasteiger partial charge in [0.25, 0.3) is 0 Å². The maximum atomic E-state index is 16.4. The van der Waals surface area contributed by atoms with Crippen molar-refractivity contribution in [3.63, 3.8) is 0 Å². The molecular formula is C28H29ClFN7O. The van der Waals surface area contributed by atoms with Crippen LogP contribution in [0.4, 0.5) is 10.2 Å². The Bertz CT molecular complexity index is 1520. The summed E-state index contributed by atoms with van der Waals surface area (Å²) in [5.74, 6) is -0.0206. The van der Waals surface area contributed by atoms with Crippen LogP contribution in [0.5, 0.6) is 6.01 Å². The summed E-state index contributed by atoms with van der Waals surface area (Å²) in [6, 6.07) is 13.5. The summed E-state index contributed by atoms with van der Waals surface area (Å²) < 4.78 is 22.4. The molecule has 5 rings (SSSR count). The first-order chi connectivity index (χ1) is 18.4. The topological polar surface area (TPSA) is 90.2 Å². The molecule has 1 aliphatic heterocycles. The normalized spacial score (nSPS) is 16.7. The number of nitrogens with zero attached hydrogens (tertiary/aromatic N) is 6. The van der Waals surface area contributed by atoms with Gasteiger partial charge in [0.2, 0.25) is 0 Å². The van der Waals surface area contributed by atoms with Crippen LogP contribution in [-0.4, -0.2) is 72.3 Å². The van der Waals surface area contributed by atoms with Crippen LogP contribution in [0.25, 0.3) is 32.9 Å². The van der Waals surface area contributed by atoms with E-state index in [4.69, 9.17) is 21.3 Å². The lowest BCUT2D eigenvalue weighted by atomic mass is 10.0. The molecule has 2 aromatic carbocycles. The van der Waals surface area contributed by atoms with Gasteiger partial charge in [-0.15, -0.1) is 0 Å². The van der Waals surface area contributed by atoms with E-state index in [9.17, 15) is 5.26 Å². The standard InChI is InChI=1S/C28H29ClFN7O/c1-17(15-36(2)3)38-28-34-26-21(27(35-28)37-13-12-32-19(16-37)10-11-31)14-33-25(24(26)30)20-8-4-6-18-7-5-9-22(29)23(18)20/h4-9,14,17,19,32H,10,12-13,15-16H2,1-3H3. The third-order valence-electron chi connectivity index (χ3n) is 6.57. The van der Waals surface area contributed by atoms with Crippen molar-refractivity contribution in [2.75, 3.05) is 45.2 Å². The van der Waals surface area contributed by atoms with Gasteiger partial charge in [0.1, 0.15) is 23.1 Å². The van der Waals surface area contributed by atoms with Gasteiger partial charge in [0.05, 0.1) is 17.9 Å². The number of ether oxygens (including phenoxy) is 1. The smallest absolute Gasteiger partial charge is 0.319 e. The molecule has 10 heteroatoms. The monoisotopic (exact) mass is 533 g/mol. The quantitative estimate of drug-likeness (QED) is 0.367. The number of hydrogen-bond acceptors (Lipinski definition) is 8. The van der Waals surface area contributed by atoms with E-state index < -0.39 is 5.82 Å². The summed E-state index contributed by atoms with van der Waals surface area (Å²) in [5, 5.41) is 15.2. The Labute approximate surface area is 226 Å². The summed E-state index contributed by atoms with van der Waals surface area (Å²) in [7, 11) is 3.91. The van der Waals surface area contributed by atoms with Gasteiger partial charge in [-0.1, -0.05) is 41.9 Å². The molecule has 1 fully saturated rings. The summed E-state index contributed by atoms with van der Waals surface area (Å²) in [6.45, 7) is 4.44. The van der Waals surface area contributed by atoms with Crippen LogP contribution in [0.2, 0.25) is 5.02 Å². The van der Waals surface area contributed by atoms with E-state index in [-0.39, 0.29) is 29.4 Å². The fourth-order valence-electron chi connectivity index (χ4n) is 4.99. The van der Waals surface area contributed by atoms with Crippen molar-refractivity contribution in [1.29, 1.82) is 5.26 Å². The molecule has 3 heterocycles. The minimum absolute atomic E-state index is 0.0225. The Balaban J connectivity index is 1.67. The number of rotatable bonds is 7. The predicted octanol–water partition coefficient (Wildman–Crippen LogP) is 4.66. The van der Waals surface area contributed by atoms with E-state index in [2.05, 4.69) is 21.4 Å². The SMILES string of the molecule is CC(CN(C)C)Oc1nc(N2CCNC(CC#N)C2)c2cnc(-c3cccc4cccc(Cl)c34)c(F)c2n1. The molecule has 0 spiro atoms. The average molecular weight is 534 g/mol. The summed E-state index contributed by atoms with van der Waals surface area (Å²) >= 11 is 6.54. The second kappa shape index (κ2) is 11.0. The first kappa shape index (κ1) is 26.0. The molecule has 2 atom stereocenters. The lowest BCUT2D eigenvalue weighted by Crippen LogP contribution is -2.51. The van der Waals surface area contributed by atoms with Crippen molar-refractivity contribution in [2.24, 2.45) is 0 Å². The lowest BCUT2D eigenvalue weighted by Gasteiger charge is -2.34. The largest absolute Gasteiger partial charge is 0.459 e. The number of anilines is 1. The van der Waals surface area contributed by atoms with Crippen LogP contribution in [0.1, 0.15) is 13.3 Å². The molecule has 2 aromatic heterocycles. The molecule has 0 saturated carbocycles. The van der Waals surface area contributed by atoms with E-state index in [0.29, 0.717) is 54.4 Å². The number of aromatic nitrogens is 3. The highest BCUT2D eigenvalue weighted by Crippen LogP contribution is 2.37. The van der Waals surface area contributed by atoms with Gasteiger partial charge in [-0.25, -0.2) is 4.39 Å². The first-order valence-corrected chi connectivity index (χ1v) is 12.9. The Kier molecular flexibility index (Phi) is 7.56. The summed E-state index contributed by atoms with van der Waals surface area (Å²) in [6.07, 6.45) is 1.76. The Morgan fingerprint density at radius 2 is 2.05 bits per heavy atom. The third-order valence-corrected chi connectivity index (χ3v) is 6.89. The number of nitriles is 1. The van der Waals surface area contributed by atoms with Crippen LogP contribution in [0, 0.1) is 17.1 Å². The van der Waals surface area contributed by atoms with E-state index in [0.717, 1.165) is 10.8 Å². The van der Waals surface area contributed by atoms with Crippen LogP contribution in [0.15, 0.2) is 42.6 Å². The molecule has 4 aromatic rings. The van der Waals surface area contributed by atoms with Gasteiger partial charge in [-0.3, -0.25) is 4.98 Å². The zero-order valence-corrected chi connectivity index (χ0v) is 22.3. The highest BCUT2D eigenvalue weighted by Gasteiger charge is 2.26. The van der Waals surface area contributed by atoms with Gasteiger partial charge >= 0.3 is 6.01 Å². The molecule has 1 saturated heterocycles. The fraction of sp³-hybridized carbons (Fsp3) is 0.357. The molecule has 1 N–H and O–H groups in total. The zero-order chi connectivity index (χ0) is 26.8. The predicted molar refractivity (Wildman–Crippen MR) is 148 cm³/mol. The molecule has 0 radical (unpaired) electrons. The number of pyridine rings is 1. The molecule has 2 unspecified atom stereocenters. The maximum Gasteiger partial charge on any atom is 0.319 e. The van der Waals surface area contributed by atoms with Crippen molar-refractivity contribution >= 4 is 39.1 Å². The number of likely N-dealkylation sites (N-methyl/N-ethyl adjacent to an activating group) is 1. The molecule has 38 heavy (non-hydrogen) atoms. The maximum absolute atomic E-state index is 16.4. The van der Waals surface area contributed by atoms with Crippen molar-refractivity contribution < 1.29 is 9.13 Å². The first-order valence-electron chi connectivity index (χ1n) is 12.6. The number of piperazine rings is 1. The average Bonchev–Trinajstić information content (AvgIpc) is 2.89. The summed E-state index contributed by atoms with van der Waals surface area (Å²) in [4.78, 5) is 17.8. The van der Waals surface area contributed by atoms with Gasteiger partial charge < -0.3 is 19.9 Å².